The van der Waals surface area contributed by atoms with Crippen molar-refractivity contribution in [1.82, 2.24) is 9.38 Å². The molecule has 1 aromatic carbocycles. The van der Waals surface area contributed by atoms with Gasteiger partial charge in [-0.25, -0.2) is 14.2 Å². The summed E-state index contributed by atoms with van der Waals surface area (Å²) in [6.07, 6.45) is 4.12. The van der Waals surface area contributed by atoms with Crippen LogP contribution in [-0.4, -0.2) is 20.5 Å². The van der Waals surface area contributed by atoms with Crippen LogP contribution < -0.4 is 0 Å². The molecule has 6 heteroatoms. The molecule has 22 heavy (non-hydrogen) atoms. The molecular formula is C16H10ClFN2O2. The average molecular weight is 317 g/mol. The molecule has 4 nitrogen and oxygen atoms in total. The van der Waals surface area contributed by atoms with Gasteiger partial charge in [0.15, 0.2) is 0 Å². The Balaban J connectivity index is 2.26. The normalized spacial score (nSPS) is 11.4. The van der Waals surface area contributed by atoms with Gasteiger partial charge in [-0.2, -0.15) is 0 Å². The highest BCUT2D eigenvalue weighted by Gasteiger charge is 2.12. The van der Waals surface area contributed by atoms with Crippen molar-refractivity contribution in [3.05, 3.63) is 65.2 Å². The molecular weight excluding hydrogens is 307 g/mol. The molecule has 0 unspecified atom stereocenters. The predicted molar refractivity (Wildman–Crippen MR) is 82.3 cm³/mol. The number of halogens is 2. The summed E-state index contributed by atoms with van der Waals surface area (Å²) in [5, 5.41) is 9.35. The number of pyridine rings is 1. The molecule has 0 amide bonds. The monoisotopic (exact) mass is 316 g/mol. The van der Waals surface area contributed by atoms with Gasteiger partial charge in [-0.15, -0.1) is 0 Å². The molecule has 0 spiro atoms. The number of rotatable bonds is 3. The molecule has 0 saturated carbocycles. The number of imidazole rings is 1. The number of hydrogen-bond acceptors (Lipinski definition) is 2. The number of aliphatic carboxylic acids is 1. The lowest BCUT2D eigenvalue weighted by molar-refractivity contribution is -0.131. The Morgan fingerprint density at radius 3 is 2.64 bits per heavy atom. The van der Waals surface area contributed by atoms with E-state index in [-0.39, 0.29) is 5.82 Å². The molecule has 0 aliphatic carbocycles. The Labute approximate surface area is 130 Å². The van der Waals surface area contributed by atoms with Gasteiger partial charge in [0.25, 0.3) is 0 Å². The maximum absolute atomic E-state index is 13.1. The second-order valence-corrected chi connectivity index (χ2v) is 5.04. The zero-order valence-corrected chi connectivity index (χ0v) is 12.0. The van der Waals surface area contributed by atoms with Gasteiger partial charge in [0.05, 0.1) is 16.4 Å². The third-order valence-corrected chi connectivity index (χ3v) is 3.34. The van der Waals surface area contributed by atoms with Gasteiger partial charge in [-0.1, -0.05) is 11.6 Å². The molecule has 0 atom stereocenters. The van der Waals surface area contributed by atoms with Crippen LogP contribution in [0.2, 0.25) is 5.02 Å². The number of benzene rings is 1. The van der Waals surface area contributed by atoms with Crippen molar-refractivity contribution in [2.24, 2.45) is 0 Å². The average Bonchev–Trinajstić information content (AvgIpc) is 2.83. The van der Waals surface area contributed by atoms with Gasteiger partial charge in [0.1, 0.15) is 11.5 Å². The number of carbonyl (C=O) groups is 1. The highest BCUT2D eigenvalue weighted by atomic mass is 35.5. The van der Waals surface area contributed by atoms with Crippen LogP contribution >= 0.6 is 11.6 Å². The fraction of sp³-hybridized carbons (Fsp3) is 0. The minimum atomic E-state index is -1.07. The first-order valence-corrected chi connectivity index (χ1v) is 6.77. The molecule has 0 aliphatic heterocycles. The molecule has 0 aliphatic rings. The standard InChI is InChI=1S/C16H10ClFN2O2/c17-11-3-7-14-19-16(10-1-4-12(18)5-2-10)13(20(14)9-11)6-8-15(21)22/h1-9H,(H,21,22)/b8-6+. The van der Waals surface area contributed by atoms with E-state index < -0.39 is 5.97 Å². The fourth-order valence-electron chi connectivity index (χ4n) is 2.17. The molecule has 0 saturated heterocycles. The largest absolute Gasteiger partial charge is 0.478 e. The lowest BCUT2D eigenvalue weighted by Crippen LogP contribution is -1.91. The van der Waals surface area contributed by atoms with E-state index in [4.69, 9.17) is 16.7 Å². The number of carboxylic acids is 1. The number of carboxylic acid groups (broad SMARTS) is 1. The highest BCUT2D eigenvalue weighted by Crippen LogP contribution is 2.27. The summed E-state index contributed by atoms with van der Waals surface area (Å²) in [6.45, 7) is 0. The molecule has 0 fully saturated rings. The van der Waals surface area contributed by atoms with E-state index in [1.165, 1.54) is 18.2 Å². The van der Waals surface area contributed by atoms with E-state index in [9.17, 15) is 9.18 Å². The van der Waals surface area contributed by atoms with E-state index in [1.54, 1.807) is 34.9 Å². The van der Waals surface area contributed by atoms with Crippen molar-refractivity contribution in [3.63, 3.8) is 0 Å². The molecule has 1 N–H and O–H groups in total. The zero-order chi connectivity index (χ0) is 15.7. The first kappa shape index (κ1) is 14.3. The molecule has 2 heterocycles. The first-order chi connectivity index (χ1) is 10.5. The van der Waals surface area contributed by atoms with E-state index in [2.05, 4.69) is 4.98 Å². The lowest BCUT2D eigenvalue weighted by Gasteiger charge is -2.01. The Kier molecular flexibility index (Phi) is 3.65. The predicted octanol–water partition coefficient (Wildman–Crippen LogP) is 3.89. The van der Waals surface area contributed by atoms with Crippen molar-refractivity contribution in [2.45, 2.75) is 0 Å². The summed E-state index contributed by atoms with van der Waals surface area (Å²) in [6, 6.07) is 9.28. The van der Waals surface area contributed by atoms with E-state index in [1.807, 2.05) is 0 Å². The number of nitrogens with zero attached hydrogens (tertiary/aromatic N) is 2. The minimum Gasteiger partial charge on any atom is -0.478 e. The van der Waals surface area contributed by atoms with Crippen LogP contribution in [-0.2, 0) is 4.79 Å². The Morgan fingerprint density at radius 2 is 1.95 bits per heavy atom. The zero-order valence-electron chi connectivity index (χ0n) is 11.2. The van der Waals surface area contributed by atoms with Crippen LogP contribution in [0.3, 0.4) is 0 Å². The smallest absolute Gasteiger partial charge is 0.328 e. The van der Waals surface area contributed by atoms with Crippen LogP contribution in [0.25, 0.3) is 23.0 Å². The number of aromatic nitrogens is 2. The summed E-state index contributed by atoms with van der Waals surface area (Å²) in [5.41, 5.74) is 2.42. The van der Waals surface area contributed by atoms with Crippen molar-refractivity contribution < 1.29 is 14.3 Å². The van der Waals surface area contributed by atoms with Crippen molar-refractivity contribution >= 4 is 29.3 Å². The highest BCUT2D eigenvalue weighted by molar-refractivity contribution is 6.30. The number of fused-ring (bicyclic) bond motifs is 1. The summed E-state index contributed by atoms with van der Waals surface area (Å²) in [5.74, 6) is -1.42. The van der Waals surface area contributed by atoms with Gasteiger partial charge in [-0.05, 0) is 42.5 Å². The lowest BCUT2D eigenvalue weighted by atomic mass is 10.1. The maximum Gasteiger partial charge on any atom is 0.328 e. The van der Waals surface area contributed by atoms with Gasteiger partial charge in [0.2, 0.25) is 0 Å². The molecule has 0 bridgehead atoms. The van der Waals surface area contributed by atoms with Crippen molar-refractivity contribution in [3.8, 4) is 11.3 Å². The second-order valence-electron chi connectivity index (χ2n) is 4.60. The maximum atomic E-state index is 13.1. The van der Waals surface area contributed by atoms with Crippen LogP contribution in [0.5, 0.6) is 0 Å². The van der Waals surface area contributed by atoms with Gasteiger partial charge in [0, 0.05) is 17.8 Å². The molecule has 3 aromatic rings. The number of hydrogen-bond donors (Lipinski definition) is 1. The van der Waals surface area contributed by atoms with Gasteiger partial charge >= 0.3 is 5.97 Å². The van der Waals surface area contributed by atoms with Gasteiger partial charge in [-0.3, -0.25) is 4.40 Å². The first-order valence-electron chi connectivity index (χ1n) is 6.39. The third kappa shape index (κ3) is 2.71. The van der Waals surface area contributed by atoms with Gasteiger partial charge < -0.3 is 5.11 Å². The summed E-state index contributed by atoms with van der Waals surface area (Å²) in [7, 11) is 0. The second kappa shape index (κ2) is 5.61. The van der Waals surface area contributed by atoms with Crippen molar-refractivity contribution in [1.29, 1.82) is 0 Å². The molecule has 110 valence electrons. The summed E-state index contributed by atoms with van der Waals surface area (Å²) >= 11 is 5.99. The quantitative estimate of drug-likeness (QED) is 0.746. The van der Waals surface area contributed by atoms with Crippen LogP contribution in [0.15, 0.2) is 48.7 Å². The summed E-state index contributed by atoms with van der Waals surface area (Å²) in [4.78, 5) is 15.3. The SMILES string of the molecule is O=C(O)/C=C/c1c(-c2ccc(F)cc2)nc2ccc(Cl)cn12. The van der Waals surface area contributed by atoms with Crippen molar-refractivity contribution in [2.75, 3.05) is 0 Å². The Hall–Kier alpha value is -2.66. The topological polar surface area (TPSA) is 54.6 Å². The fourth-order valence-corrected chi connectivity index (χ4v) is 2.33. The molecule has 3 rings (SSSR count). The van der Waals surface area contributed by atoms with E-state index in [0.29, 0.717) is 27.6 Å². The summed E-state index contributed by atoms with van der Waals surface area (Å²) < 4.78 is 14.8. The molecule has 2 aromatic heterocycles. The third-order valence-electron chi connectivity index (χ3n) is 3.12. The minimum absolute atomic E-state index is 0.349. The van der Waals surface area contributed by atoms with E-state index in [0.717, 1.165) is 6.08 Å². The molecule has 0 radical (unpaired) electrons. The van der Waals surface area contributed by atoms with E-state index >= 15 is 0 Å². The van der Waals surface area contributed by atoms with Crippen LogP contribution in [0, 0.1) is 5.82 Å². The Morgan fingerprint density at radius 1 is 1.23 bits per heavy atom. The van der Waals surface area contributed by atoms with Crippen LogP contribution in [0.1, 0.15) is 5.69 Å². The van der Waals surface area contributed by atoms with Crippen LogP contribution in [0.4, 0.5) is 4.39 Å². The Bertz CT molecular complexity index is 885.